The van der Waals surface area contributed by atoms with E-state index in [1.807, 2.05) is 42.9 Å². The molecule has 0 saturated carbocycles. The van der Waals surface area contributed by atoms with Gasteiger partial charge in [0.2, 0.25) is 0 Å². The summed E-state index contributed by atoms with van der Waals surface area (Å²) in [5, 5.41) is 7.07. The fourth-order valence-electron chi connectivity index (χ4n) is 1.59. The lowest BCUT2D eigenvalue weighted by atomic mass is 10.3. The molecule has 0 aromatic carbocycles. The van der Waals surface area contributed by atoms with Gasteiger partial charge in [-0.1, -0.05) is 0 Å². The van der Waals surface area contributed by atoms with Gasteiger partial charge in [0.1, 0.15) is 0 Å². The Morgan fingerprint density at radius 1 is 1.59 bits per heavy atom. The van der Waals surface area contributed by atoms with Crippen LogP contribution in [0.3, 0.4) is 0 Å². The Morgan fingerprint density at radius 3 is 3.00 bits per heavy atom. The maximum absolute atomic E-state index is 11.9. The third kappa shape index (κ3) is 3.17. The molecule has 5 heteroatoms. The number of aryl methyl sites for hydroxylation is 1. The van der Waals surface area contributed by atoms with E-state index in [0.29, 0.717) is 6.54 Å². The highest BCUT2D eigenvalue weighted by atomic mass is 32.1. The Kier molecular flexibility index (Phi) is 3.58. The van der Waals surface area contributed by atoms with Crippen molar-refractivity contribution in [3.63, 3.8) is 0 Å². The molecule has 2 heterocycles. The summed E-state index contributed by atoms with van der Waals surface area (Å²) in [5.74, 6) is -0.0113. The second kappa shape index (κ2) is 5.14. The van der Waals surface area contributed by atoms with Crippen LogP contribution in [0.1, 0.15) is 21.5 Å². The van der Waals surface area contributed by atoms with E-state index in [-0.39, 0.29) is 11.9 Å². The first kappa shape index (κ1) is 11.9. The van der Waals surface area contributed by atoms with Gasteiger partial charge in [-0.25, -0.2) is 0 Å². The number of thiophene rings is 1. The van der Waals surface area contributed by atoms with Crippen LogP contribution >= 0.6 is 11.3 Å². The number of carbonyl (C=O) groups is 1. The molecule has 2 rings (SSSR count). The van der Waals surface area contributed by atoms with Crippen LogP contribution in [0.15, 0.2) is 30.6 Å². The van der Waals surface area contributed by atoms with Crippen LogP contribution in [0.4, 0.5) is 0 Å². The predicted molar refractivity (Wildman–Crippen MR) is 68.2 cm³/mol. The van der Waals surface area contributed by atoms with Gasteiger partial charge in [-0.3, -0.25) is 9.48 Å². The molecule has 4 nitrogen and oxygen atoms in total. The molecule has 0 aliphatic rings. The van der Waals surface area contributed by atoms with Crippen LogP contribution in [0.25, 0.3) is 0 Å². The van der Waals surface area contributed by atoms with Crippen LogP contribution in [-0.2, 0) is 6.54 Å². The van der Waals surface area contributed by atoms with E-state index in [4.69, 9.17) is 0 Å². The quantitative estimate of drug-likeness (QED) is 0.901. The summed E-state index contributed by atoms with van der Waals surface area (Å²) in [7, 11) is 0. The summed E-state index contributed by atoms with van der Waals surface area (Å²) >= 11 is 1.51. The van der Waals surface area contributed by atoms with Gasteiger partial charge in [-0.05, 0) is 32.0 Å². The number of nitrogens with one attached hydrogen (secondary N) is 1. The zero-order valence-corrected chi connectivity index (χ0v) is 10.7. The number of rotatable bonds is 4. The van der Waals surface area contributed by atoms with Crippen LogP contribution < -0.4 is 5.32 Å². The summed E-state index contributed by atoms with van der Waals surface area (Å²) < 4.78 is 1.81. The number of carbonyl (C=O) groups excluding carboxylic acids is 1. The lowest BCUT2D eigenvalue weighted by Gasteiger charge is -2.13. The second-order valence-corrected chi connectivity index (χ2v) is 5.30. The minimum absolute atomic E-state index is 0.0113. The average molecular weight is 249 g/mol. The van der Waals surface area contributed by atoms with Crippen molar-refractivity contribution in [2.75, 3.05) is 0 Å². The van der Waals surface area contributed by atoms with Gasteiger partial charge in [0.15, 0.2) is 0 Å². The molecule has 90 valence electrons. The van der Waals surface area contributed by atoms with Crippen LogP contribution in [0, 0.1) is 6.92 Å². The van der Waals surface area contributed by atoms with Gasteiger partial charge in [0.25, 0.3) is 5.91 Å². The second-order valence-electron chi connectivity index (χ2n) is 4.01. The van der Waals surface area contributed by atoms with E-state index < -0.39 is 0 Å². The number of hydrogen-bond donors (Lipinski definition) is 1. The standard InChI is InChI=1S/C12H15N3OS/c1-9(8-15-7-3-6-13-15)14-12(16)11-5-4-10(2)17-11/h3-7,9H,8H2,1-2H3,(H,14,16). The highest BCUT2D eigenvalue weighted by Gasteiger charge is 2.11. The Bertz CT molecular complexity index is 490. The summed E-state index contributed by atoms with van der Waals surface area (Å²) in [6.07, 6.45) is 3.62. The Hall–Kier alpha value is -1.62. The first-order valence-corrected chi connectivity index (χ1v) is 6.31. The minimum atomic E-state index is -0.0113. The smallest absolute Gasteiger partial charge is 0.261 e. The minimum Gasteiger partial charge on any atom is -0.347 e. The molecule has 1 atom stereocenters. The fourth-order valence-corrected chi connectivity index (χ4v) is 2.36. The van der Waals surface area contributed by atoms with Crippen LogP contribution in [-0.4, -0.2) is 21.7 Å². The first-order valence-electron chi connectivity index (χ1n) is 5.50. The van der Waals surface area contributed by atoms with Crippen molar-refractivity contribution in [1.29, 1.82) is 0 Å². The highest BCUT2D eigenvalue weighted by Crippen LogP contribution is 2.14. The van der Waals surface area contributed by atoms with Crippen molar-refractivity contribution in [1.82, 2.24) is 15.1 Å². The molecule has 0 bridgehead atoms. The van der Waals surface area contributed by atoms with Gasteiger partial charge < -0.3 is 5.32 Å². The van der Waals surface area contributed by atoms with Crippen molar-refractivity contribution < 1.29 is 4.79 Å². The Balaban J connectivity index is 1.90. The first-order chi connectivity index (χ1) is 8.15. The molecular weight excluding hydrogens is 234 g/mol. The van der Waals surface area contributed by atoms with Gasteiger partial charge in [-0.15, -0.1) is 11.3 Å². The van der Waals surface area contributed by atoms with E-state index >= 15 is 0 Å². The number of amides is 1. The third-order valence-electron chi connectivity index (χ3n) is 2.36. The molecule has 0 aliphatic heterocycles. The Labute approximate surface area is 104 Å². The van der Waals surface area contributed by atoms with Crippen LogP contribution in [0.2, 0.25) is 0 Å². The van der Waals surface area contributed by atoms with Crippen molar-refractivity contribution in [2.24, 2.45) is 0 Å². The molecule has 0 radical (unpaired) electrons. The zero-order chi connectivity index (χ0) is 12.3. The molecule has 1 N–H and O–H groups in total. The van der Waals surface area contributed by atoms with Gasteiger partial charge in [0.05, 0.1) is 11.4 Å². The molecule has 0 fully saturated rings. The summed E-state index contributed by atoms with van der Waals surface area (Å²) in [4.78, 5) is 13.8. The largest absolute Gasteiger partial charge is 0.347 e. The predicted octanol–water partition coefficient (Wildman–Crippen LogP) is 2.07. The summed E-state index contributed by atoms with van der Waals surface area (Å²) in [6, 6.07) is 5.75. The van der Waals surface area contributed by atoms with Crippen LogP contribution in [0.5, 0.6) is 0 Å². The molecule has 0 spiro atoms. The summed E-state index contributed by atoms with van der Waals surface area (Å²) in [6.45, 7) is 4.65. The fraction of sp³-hybridized carbons (Fsp3) is 0.333. The Morgan fingerprint density at radius 2 is 2.41 bits per heavy atom. The molecule has 2 aromatic rings. The highest BCUT2D eigenvalue weighted by molar-refractivity contribution is 7.13. The lowest BCUT2D eigenvalue weighted by molar-refractivity contribution is 0.0940. The molecule has 1 amide bonds. The van der Waals surface area contributed by atoms with Crippen molar-refractivity contribution in [2.45, 2.75) is 26.4 Å². The number of aromatic nitrogens is 2. The third-order valence-corrected chi connectivity index (χ3v) is 3.36. The molecule has 0 aliphatic carbocycles. The number of nitrogens with zero attached hydrogens (tertiary/aromatic N) is 2. The van der Waals surface area contributed by atoms with Crippen molar-refractivity contribution in [3.05, 3.63) is 40.3 Å². The van der Waals surface area contributed by atoms with Gasteiger partial charge in [0, 0.05) is 23.3 Å². The van der Waals surface area contributed by atoms with E-state index in [9.17, 15) is 4.79 Å². The normalized spacial score (nSPS) is 12.4. The average Bonchev–Trinajstić information content (AvgIpc) is 2.89. The van der Waals surface area contributed by atoms with E-state index in [1.165, 1.54) is 11.3 Å². The SMILES string of the molecule is Cc1ccc(C(=O)NC(C)Cn2cccn2)s1. The van der Waals surface area contributed by atoms with Gasteiger partial charge >= 0.3 is 0 Å². The monoisotopic (exact) mass is 249 g/mol. The topological polar surface area (TPSA) is 46.9 Å². The molecule has 1 unspecified atom stereocenters. The van der Waals surface area contributed by atoms with E-state index in [0.717, 1.165) is 9.75 Å². The van der Waals surface area contributed by atoms with Crippen molar-refractivity contribution >= 4 is 17.2 Å². The van der Waals surface area contributed by atoms with Gasteiger partial charge in [-0.2, -0.15) is 5.10 Å². The van der Waals surface area contributed by atoms with E-state index in [2.05, 4.69) is 10.4 Å². The molecule has 17 heavy (non-hydrogen) atoms. The molecule has 0 saturated heterocycles. The molecule has 2 aromatic heterocycles. The summed E-state index contributed by atoms with van der Waals surface area (Å²) in [5.41, 5.74) is 0. The van der Waals surface area contributed by atoms with Crippen molar-refractivity contribution in [3.8, 4) is 0 Å². The lowest BCUT2D eigenvalue weighted by Crippen LogP contribution is -2.35. The zero-order valence-electron chi connectivity index (χ0n) is 9.88. The maximum Gasteiger partial charge on any atom is 0.261 e. The maximum atomic E-state index is 11.9. The molecular formula is C12H15N3OS. The van der Waals surface area contributed by atoms with E-state index in [1.54, 1.807) is 6.20 Å². The number of hydrogen-bond acceptors (Lipinski definition) is 3.